The number of halogens is 2. The van der Waals surface area contributed by atoms with Crippen LogP contribution in [0.2, 0.25) is 0 Å². The molecule has 1 saturated carbocycles. The smallest absolute Gasteiger partial charge is 0.227 e. The van der Waals surface area contributed by atoms with E-state index in [1.807, 2.05) is 12.1 Å². The van der Waals surface area contributed by atoms with Crippen molar-refractivity contribution in [2.45, 2.75) is 56.2 Å². The monoisotopic (exact) mass is 360 g/mol. The summed E-state index contributed by atoms with van der Waals surface area (Å²) in [6.45, 7) is 2.37. The number of hydrogen-bond acceptors (Lipinski definition) is 4. The molecule has 5 nitrogen and oxygen atoms in total. The minimum absolute atomic E-state index is 0.000453. The van der Waals surface area contributed by atoms with Crippen LogP contribution < -0.4 is 16.1 Å². The van der Waals surface area contributed by atoms with Crippen LogP contribution in [0.5, 0.6) is 0 Å². The van der Waals surface area contributed by atoms with E-state index in [0.29, 0.717) is 31.2 Å². The molecule has 0 aromatic heterocycles. The Morgan fingerprint density at radius 2 is 2.08 bits per heavy atom. The summed E-state index contributed by atoms with van der Waals surface area (Å²) in [6.07, 6.45) is 4.55. The molecule has 24 heavy (non-hydrogen) atoms. The lowest BCUT2D eigenvalue weighted by Gasteiger charge is -2.35. The van der Waals surface area contributed by atoms with Crippen LogP contribution in [0.25, 0.3) is 0 Å². The molecular weight excluding hydrogens is 331 g/mol. The number of alkyl halides is 2. The molecule has 3 fully saturated rings. The first-order valence-corrected chi connectivity index (χ1v) is 9.69. The lowest BCUT2D eigenvalue weighted by Crippen LogP contribution is -2.52. The van der Waals surface area contributed by atoms with Crippen LogP contribution in [0, 0.1) is 17.8 Å². The van der Waals surface area contributed by atoms with Gasteiger partial charge in [-0.05, 0) is 56.9 Å². The largest absolute Gasteiger partial charge is 0.340 e. The highest BCUT2D eigenvalue weighted by atomic mass is 35.5. The lowest BCUT2D eigenvalue weighted by molar-refractivity contribution is -0.125. The van der Waals surface area contributed by atoms with E-state index in [1.54, 1.807) is 0 Å². The van der Waals surface area contributed by atoms with Crippen molar-refractivity contribution in [3.63, 3.8) is 0 Å². The standard InChI is InChI=1S/C17H30ClFN4O/c1-23-10-13(9-21-23)17(24)22-16-3-2-11(8-20-16)4-12-5-14(18)7-15(19)6-12/h11-16,20-21H,2-10H2,1H3,(H,22,24). The van der Waals surface area contributed by atoms with Gasteiger partial charge in [-0.3, -0.25) is 15.5 Å². The summed E-state index contributed by atoms with van der Waals surface area (Å²) in [4.78, 5) is 12.3. The number of carbonyl (C=O) groups excluding carboxylic acids is 1. The third kappa shape index (κ3) is 5.04. The third-order valence-electron chi connectivity index (χ3n) is 5.66. The van der Waals surface area contributed by atoms with Crippen molar-refractivity contribution in [2.75, 3.05) is 26.7 Å². The van der Waals surface area contributed by atoms with Crippen molar-refractivity contribution in [1.29, 1.82) is 0 Å². The van der Waals surface area contributed by atoms with Crippen LogP contribution >= 0.6 is 11.6 Å². The van der Waals surface area contributed by atoms with Crippen LogP contribution in [-0.2, 0) is 4.79 Å². The zero-order valence-electron chi connectivity index (χ0n) is 14.4. The SMILES string of the molecule is CN1CC(C(=O)NC2CCC(CC3CC(F)CC(Cl)C3)CN2)CN1. The van der Waals surface area contributed by atoms with E-state index >= 15 is 0 Å². The van der Waals surface area contributed by atoms with Crippen LogP contribution in [0.15, 0.2) is 0 Å². The van der Waals surface area contributed by atoms with Crippen molar-refractivity contribution < 1.29 is 9.18 Å². The molecule has 2 aliphatic heterocycles. The first-order valence-electron chi connectivity index (χ1n) is 9.26. The molecule has 3 rings (SSSR count). The van der Waals surface area contributed by atoms with E-state index in [-0.39, 0.29) is 23.4 Å². The summed E-state index contributed by atoms with van der Waals surface area (Å²) in [5.41, 5.74) is 3.16. The van der Waals surface area contributed by atoms with Crippen LogP contribution in [0.3, 0.4) is 0 Å². The Morgan fingerprint density at radius 3 is 2.71 bits per heavy atom. The van der Waals surface area contributed by atoms with E-state index in [1.165, 1.54) is 0 Å². The minimum atomic E-state index is -0.729. The minimum Gasteiger partial charge on any atom is -0.340 e. The molecule has 3 aliphatic rings. The van der Waals surface area contributed by atoms with Crippen molar-refractivity contribution in [2.24, 2.45) is 17.8 Å². The molecule has 0 radical (unpaired) electrons. The topological polar surface area (TPSA) is 56.4 Å². The number of hydrogen-bond donors (Lipinski definition) is 3. The number of nitrogens with one attached hydrogen (secondary N) is 3. The number of hydrazine groups is 1. The summed E-state index contributed by atoms with van der Waals surface area (Å²) in [5, 5.41) is 8.54. The molecule has 2 heterocycles. The summed E-state index contributed by atoms with van der Waals surface area (Å²) in [5.74, 6) is 1.13. The normalized spacial score (nSPS) is 41.3. The average Bonchev–Trinajstić information content (AvgIpc) is 2.95. The van der Waals surface area contributed by atoms with Crippen molar-refractivity contribution >= 4 is 17.5 Å². The lowest BCUT2D eigenvalue weighted by atomic mass is 9.79. The number of rotatable bonds is 4. The fraction of sp³-hybridized carbons (Fsp3) is 0.941. The van der Waals surface area contributed by atoms with Gasteiger partial charge >= 0.3 is 0 Å². The molecule has 1 aliphatic carbocycles. The molecule has 6 atom stereocenters. The van der Waals surface area contributed by atoms with Crippen molar-refractivity contribution in [3.05, 3.63) is 0 Å². The van der Waals surface area contributed by atoms with Crippen molar-refractivity contribution in [1.82, 2.24) is 21.1 Å². The molecule has 0 bridgehead atoms. The Balaban J connectivity index is 1.37. The highest BCUT2D eigenvalue weighted by molar-refractivity contribution is 6.20. The molecule has 0 aromatic rings. The molecule has 138 valence electrons. The quantitative estimate of drug-likeness (QED) is 0.667. The van der Waals surface area contributed by atoms with Gasteiger partial charge < -0.3 is 5.32 Å². The Kier molecular flexibility index (Phi) is 6.35. The van der Waals surface area contributed by atoms with E-state index < -0.39 is 6.17 Å². The predicted octanol–water partition coefficient (Wildman–Crippen LogP) is 1.63. The van der Waals surface area contributed by atoms with Gasteiger partial charge in [-0.15, -0.1) is 11.6 Å². The highest BCUT2D eigenvalue weighted by Gasteiger charge is 2.32. The molecular formula is C17H30ClFN4O. The van der Waals surface area contributed by atoms with Gasteiger partial charge in [0.15, 0.2) is 0 Å². The Hall–Kier alpha value is -0.430. The molecule has 0 spiro atoms. The second kappa shape index (κ2) is 8.30. The second-order valence-electron chi connectivity index (χ2n) is 7.86. The maximum absolute atomic E-state index is 13.7. The van der Waals surface area contributed by atoms with Gasteiger partial charge in [-0.1, -0.05) is 0 Å². The molecule has 0 aromatic carbocycles. The Morgan fingerprint density at radius 1 is 1.25 bits per heavy atom. The number of carbonyl (C=O) groups is 1. The molecule has 6 unspecified atom stereocenters. The average molecular weight is 361 g/mol. The van der Waals surface area contributed by atoms with Crippen LogP contribution in [-0.4, -0.2) is 55.3 Å². The Labute approximate surface area is 149 Å². The zero-order valence-corrected chi connectivity index (χ0v) is 15.2. The zero-order chi connectivity index (χ0) is 17.1. The predicted molar refractivity (Wildman–Crippen MR) is 93.3 cm³/mol. The maximum Gasteiger partial charge on any atom is 0.227 e. The molecule has 7 heteroatoms. The van der Waals surface area contributed by atoms with Gasteiger partial charge in [-0.2, -0.15) is 0 Å². The van der Waals surface area contributed by atoms with E-state index in [0.717, 1.165) is 38.8 Å². The number of nitrogens with zero attached hydrogens (tertiary/aromatic N) is 1. The third-order valence-corrected chi connectivity index (χ3v) is 6.02. The summed E-state index contributed by atoms with van der Waals surface area (Å²) in [6, 6.07) is 0. The number of amides is 1. The highest BCUT2D eigenvalue weighted by Crippen LogP contribution is 2.35. The summed E-state index contributed by atoms with van der Waals surface area (Å²) >= 11 is 6.17. The number of piperidine rings is 1. The van der Waals surface area contributed by atoms with Gasteiger partial charge in [0.25, 0.3) is 0 Å². The molecule has 1 amide bonds. The molecule has 2 saturated heterocycles. The summed E-state index contributed by atoms with van der Waals surface area (Å²) < 4.78 is 13.7. The molecule has 3 N–H and O–H groups in total. The van der Waals surface area contributed by atoms with Crippen LogP contribution in [0.1, 0.15) is 38.5 Å². The van der Waals surface area contributed by atoms with E-state index in [9.17, 15) is 9.18 Å². The first kappa shape index (κ1) is 18.4. The Bertz CT molecular complexity index is 423. The first-order chi connectivity index (χ1) is 11.5. The van der Waals surface area contributed by atoms with Crippen LogP contribution in [0.4, 0.5) is 4.39 Å². The maximum atomic E-state index is 13.7. The van der Waals surface area contributed by atoms with Gasteiger partial charge in [0.2, 0.25) is 5.91 Å². The van der Waals surface area contributed by atoms with Gasteiger partial charge in [0.1, 0.15) is 6.17 Å². The van der Waals surface area contributed by atoms with Gasteiger partial charge in [0, 0.05) is 25.5 Å². The van der Waals surface area contributed by atoms with Crippen molar-refractivity contribution in [3.8, 4) is 0 Å². The fourth-order valence-corrected chi connectivity index (χ4v) is 4.83. The van der Waals surface area contributed by atoms with Gasteiger partial charge in [0.05, 0.1) is 12.1 Å². The fourth-order valence-electron chi connectivity index (χ4n) is 4.38. The van der Waals surface area contributed by atoms with E-state index in [2.05, 4.69) is 16.1 Å². The van der Waals surface area contributed by atoms with Gasteiger partial charge in [-0.25, -0.2) is 9.40 Å². The second-order valence-corrected chi connectivity index (χ2v) is 8.47. The van der Waals surface area contributed by atoms with E-state index in [4.69, 9.17) is 11.6 Å². The summed E-state index contributed by atoms with van der Waals surface area (Å²) in [7, 11) is 1.95.